The van der Waals surface area contributed by atoms with Crippen molar-refractivity contribution in [3.05, 3.63) is 64.1 Å². The first-order chi connectivity index (χ1) is 12.3. The Balaban J connectivity index is 1.61. The van der Waals surface area contributed by atoms with Crippen molar-refractivity contribution in [3.8, 4) is 0 Å². The molecule has 6 nitrogen and oxygen atoms in total. The van der Waals surface area contributed by atoms with Crippen molar-refractivity contribution >= 4 is 37.7 Å². The standard InChI is InChI=1S/C18H20BrN3O3S/c1-14-2-4-15(5-3-14)12-21-10-11-22(26(21,24)25)13-18(23)20-17-8-6-16(19)7-9-17/h2-9H,10-13H2,1H3,(H,20,23). The molecule has 1 N–H and O–H groups in total. The van der Waals surface area contributed by atoms with Crippen molar-refractivity contribution in [1.29, 1.82) is 0 Å². The molecule has 26 heavy (non-hydrogen) atoms. The summed E-state index contributed by atoms with van der Waals surface area (Å²) < 4.78 is 28.9. The van der Waals surface area contributed by atoms with Gasteiger partial charge < -0.3 is 5.32 Å². The second-order valence-electron chi connectivity index (χ2n) is 6.22. The van der Waals surface area contributed by atoms with Crippen LogP contribution in [0.1, 0.15) is 11.1 Å². The predicted octanol–water partition coefficient (Wildman–Crippen LogP) is 2.76. The van der Waals surface area contributed by atoms with Gasteiger partial charge in [0.2, 0.25) is 5.91 Å². The second kappa shape index (κ2) is 7.87. The molecule has 2 aromatic carbocycles. The zero-order valence-corrected chi connectivity index (χ0v) is 16.8. The van der Waals surface area contributed by atoms with Gasteiger partial charge in [-0.05, 0) is 36.8 Å². The molecule has 0 saturated carbocycles. The van der Waals surface area contributed by atoms with Crippen LogP contribution in [0.25, 0.3) is 0 Å². The fourth-order valence-electron chi connectivity index (χ4n) is 2.73. The smallest absolute Gasteiger partial charge is 0.282 e. The molecule has 0 aliphatic carbocycles. The zero-order chi connectivity index (χ0) is 18.7. The van der Waals surface area contributed by atoms with Crippen LogP contribution >= 0.6 is 15.9 Å². The summed E-state index contributed by atoms with van der Waals surface area (Å²) >= 11 is 3.33. The Hall–Kier alpha value is -1.74. The molecular formula is C18H20BrN3O3S. The van der Waals surface area contributed by atoms with E-state index < -0.39 is 10.2 Å². The summed E-state index contributed by atoms with van der Waals surface area (Å²) in [5.74, 6) is -0.354. The van der Waals surface area contributed by atoms with Crippen LogP contribution in [0.3, 0.4) is 0 Å². The molecule has 0 bridgehead atoms. The van der Waals surface area contributed by atoms with Crippen LogP contribution < -0.4 is 5.32 Å². The topological polar surface area (TPSA) is 69.7 Å². The minimum Gasteiger partial charge on any atom is -0.325 e. The van der Waals surface area contributed by atoms with Gasteiger partial charge in [-0.25, -0.2) is 0 Å². The third-order valence-corrected chi connectivity index (χ3v) is 6.64. The number of benzene rings is 2. The highest BCUT2D eigenvalue weighted by atomic mass is 79.9. The van der Waals surface area contributed by atoms with Gasteiger partial charge in [-0.15, -0.1) is 0 Å². The Kier molecular flexibility index (Phi) is 5.76. The first-order valence-corrected chi connectivity index (χ1v) is 10.4. The van der Waals surface area contributed by atoms with E-state index in [0.717, 1.165) is 15.6 Å². The summed E-state index contributed by atoms with van der Waals surface area (Å²) in [6.07, 6.45) is 0. The molecule has 138 valence electrons. The quantitative estimate of drug-likeness (QED) is 0.781. The van der Waals surface area contributed by atoms with Crippen LogP contribution in [0.2, 0.25) is 0 Å². The second-order valence-corrected chi connectivity index (χ2v) is 9.06. The average Bonchev–Trinajstić information content (AvgIpc) is 2.86. The van der Waals surface area contributed by atoms with E-state index in [9.17, 15) is 13.2 Å². The molecule has 1 aliphatic heterocycles. The van der Waals surface area contributed by atoms with E-state index in [4.69, 9.17) is 0 Å². The fraction of sp³-hybridized carbons (Fsp3) is 0.278. The number of nitrogens with one attached hydrogen (secondary N) is 1. The molecule has 0 radical (unpaired) electrons. The van der Waals surface area contributed by atoms with Gasteiger partial charge in [-0.1, -0.05) is 45.8 Å². The Morgan fingerprint density at radius 2 is 1.65 bits per heavy atom. The van der Waals surface area contributed by atoms with E-state index in [1.807, 2.05) is 43.3 Å². The highest BCUT2D eigenvalue weighted by Crippen LogP contribution is 2.20. The number of nitrogens with zero attached hydrogens (tertiary/aromatic N) is 2. The molecule has 1 amide bonds. The molecule has 3 rings (SSSR count). The van der Waals surface area contributed by atoms with Gasteiger partial charge in [0.05, 0.1) is 6.54 Å². The van der Waals surface area contributed by atoms with E-state index in [2.05, 4.69) is 21.2 Å². The van der Waals surface area contributed by atoms with Crippen molar-refractivity contribution < 1.29 is 13.2 Å². The summed E-state index contributed by atoms with van der Waals surface area (Å²) in [6, 6.07) is 14.9. The zero-order valence-electron chi connectivity index (χ0n) is 14.4. The van der Waals surface area contributed by atoms with Crippen LogP contribution in [0, 0.1) is 6.92 Å². The van der Waals surface area contributed by atoms with E-state index >= 15 is 0 Å². The van der Waals surface area contributed by atoms with Crippen LogP contribution in [0.5, 0.6) is 0 Å². The molecule has 0 aromatic heterocycles. The first kappa shape index (κ1) is 19.0. The Labute approximate surface area is 162 Å². The SMILES string of the molecule is Cc1ccc(CN2CCN(CC(=O)Nc3ccc(Br)cc3)S2(=O)=O)cc1. The molecule has 8 heteroatoms. The molecule has 1 aliphatic rings. The molecule has 0 atom stereocenters. The Bertz CT molecular complexity index is 883. The number of hydrogen-bond donors (Lipinski definition) is 1. The monoisotopic (exact) mass is 437 g/mol. The van der Waals surface area contributed by atoms with E-state index in [1.165, 1.54) is 8.61 Å². The lowest BCUT2D eigenvalue weighted by Crippen LogP contribution is -2.37. The maximum atomic E-state index is 12.7. The molecular weight excluding hydrogens is 418 g/mol. The summed E-state index contributed by atoms with van der Waals surface area (Å²) in [7, 11) is -3.63. The summed E-state index contributed by atoms with van der Waals surface area (Å²) in [6.45, 7) is 2.79. The maximum Gasteiger partial charge on any atom is 0.282 e. The van der Waals surface area contributed by atoms with Gasteiger partial charge in [0, 0.05) is 29.8 Å². The molecule has 1 fully saturated rings. The summed E-state index contributed by atoms with van der Waals surface area (Å²) in [5, 5.41) is 2.72. The van der Waals surface area contributed by atoms with Crippen molar-refractivity contribution in [3.63, 3.8) is 0 Å². The van der Waals surface area contributed by atoms with Gasteiger partial charge in [0.1, 0.15) is 0 Å². The highest BCUT2D eigenvalue weighted by molar-refractivity contribution is 9.10. The van der Waals surface area contributed by atoms with Gasteiger partial charge in [-0.2, -0.15) is 17.0 Å². The molecule has 0 unspecified atom stereocenters. The van der Waals surface area contributed by atoms with Gasteiger partial charge >= 0.3 is 0 Å². The lowest BCUT2D eigenvalue weighted by Gasteiger charge is -2.18. The Morgan fingerprint density at radius 3 is 2.31 bits per heavy atom. The lowest BCUT2D eigenvalue weighted by molar-refractivity contribution is -0.116. The van der Waals surface area contributed by atoms with Crippen LogP contribution in [-0.4, -0.2) is 42.6 Å². The third kappa shape index (κ3) is 4.50. The first-order valence-electron chi connectivity index (χ1n) is 8.21. The molecule has 0 spiro atoms. The molecule has 2 aromatic rings. The Morgan fingerprint density at radius 1 is 1.04 bits per heavy atom. The van der Waals surface area contributed by atoms with Gasteiger partial charge in [0.15, 0.2) is 0 Å². The van der Waals surface area contributed by atoms with Crippen LogP contribution in [0.4, 0.5) is 5.69 Å². The van der Waals surface area contributed by atoms with Crippen molar-refractivity contribution in [2.45, 2.75) is 13.5 Å². The number of amides is 1. The molecule has 1 saturated heterocycles. The van der Waals surface area contributed by atoms with Crippen molar-refractivity contribution in [1.82, 2.24) is 8.61 Å². The number of rotatable bonds is 5. The normalized spacial score (nSPS) is 17.3. The van der Waals surface area contributed by atoms with E-state index in [1.54, 1.807) is 12.1 Å². The number of carbonyl (C=O) groups is 1. The largest absolute Gasteiger partial charge is 0.325 e. The van der Waals surface area contributed by atoms with Gasteiger partial charge in [-0.3, -0.25) is 4.79 Å². The van der Waals surface area contributed by atoms with Crippen molar-refractivity contribution in [2.75, 3.05) is 25.0 Å². The maximum absolute atomic E-state index is 12.7. The highest BCUT2D eigenvalue weighted by Gasteiger charge is 2.37. The van der Waals surface area contributed by atoms with E-state index in [-0.39, 0.29) is 12.5 Å². The van der Waals surface area contributed by atoms with E-state index in [0.29, 0.717) is 25.3 Å². The molecule has 1 heterocycles. The minimum absolute atomic E-state index is 0.192. The van der Waals surface area contributed by atoms with Crippen LogP contribution in [-0.2, 0) is 21.5 Å². The number of anilines is 1. The average molecular weight is 438 g/mol. The minimum atomic E-state index is -3.63. The number of carbonyl (C=O) groups excluding carboxylic acids is 1. The number of halogens is 1. The third-order valence-electron chi connectivity index (χ3n) is 4.18. The fourth-order valence-corrected chi connectivity index (χ4v) is 4.54. The summed E-state index contributed by atoms with van der Waals surface area (Å²) in [5.41, 5.74) is 2.69. The van der Waals surface area contributed by atoms with Gasteiger partial charge in [0.25, 0.3) is 10.2 Å². The van der Waals surface area contributed by atoms with Crippen molar-refractivity contribution in [2.24, 2.45) is 0 Å². The van der Waals surface area contributed by atoms with Crippen LogP contribution in [0.15, 0.2) is 53.0 Å². The number of hydrogen-bond acceptors (Lipinski definition) is 3. The predicted molar refractivity (Wildman–Crippen MR) is 105 cm³/mol. The summed E-state index contributed by atoms with van der Waals surface area (Å²) in [4.78, 5) is 12.2. The number of aryl methyl sites for hydroxylation is 1. The lowest BCUT2D eigenvalue weighted by atomic mass is 10.1.